The third kappa shape index (κ3) is 5.23. The summed E-state index contributed by atoms with van der Waals surface area (Å²) >= 11 is 3.26. The number of aliphatic hydroxyl groups is 1. The second-order valence-electron chi connectivity index (χ2n) is 7.80. The molecule has 0 radical (unpaired) electrons. The lowest BCUT2D eigenvalue weighted by Gasteiger charge is -2.36. The molecule has 2 heterocycles. The first-order valence-corrected chi connectivity index (χ1v) is 12.0. The zero-order valence-electron chi connectivity index (χ0n) is 17.8. The number of rotatable bonds is 8. The van der Waals surface area contributed by atoms with Gasteiger partial charge in [-0.25, -0.2) is 4.98 Å². The molecule has 0 spiro atoms. The maximum atomic E-state index is 13.3. The molecule has 2 fully saturated rings. The van der Waals surface area contributed by atoms with Crippen LogP contribution in [0.2, 0.25) is 0 Å². The van der Waals surface area contributed by atoms with Gasteiger partial charge in [0, 0.05) is 37.1 Å². The van der Waals surface area contributed by atoms with Crippen LogP contribution in [0.25, 0.3) is 0 Å². The van der Waals surface area contributed by atoms with Crippen LogP contribution in [-0.4, -0.2) is 71.4 Å². The molecule has 2 aliphatic rings. The fraction of sp³-hybridized carbons (Fsp3) is 0.455. The molecular formula is C22H28N4O3S2. The number of carbonyl (C=O) groups excluding carboxylic acids is 1. The monoisotopic (exact) mass is 460 g/mol. The summed E-state index contributed by atoms with van der Waals surface area (Å²) in [6.45, 7) is 7.97. The van der Waals surface area contributed by atoms with E-state index in [2.05, 4.69) is 16.9 Å². The first-order valence-electron chi connectivity index (χ1n) is 10.4. The van der Waals surface area contributed by atoms with Gasteiger partial charge in [0.25, 0.3) is 5.91 Å². The van der Waals surface area contributed by atoms with E-state index in [1.54, 1.807) is 30.2 Å². The molecule has 9 heteroatoms. The van der Waals surface area contributed by atoms with Gasteiger partial charge in [-0.1, -0.05) is 29.7 Å². The number of aromatic nitrogens is 1. The molecule has 166 valence electrons. The van der Waals surface area contributed by atoms with Crippen LogP contribution in [0, 0.1) is 6.92 Å². The quantitative estimate of drug-likeness (QED) is 0.584. The maximum absolute atomic E-state index is 13.3. The SMILES string of the molecule is C=CC(O)N1CCN(C(=O)c2cc(Sc3cnc(NC4CC4)s3)c(C)cc2OC)CC1. The number of nitrogens with zero attached hydrogens (tertiary/aromatic N) is 3. The van der Waals surface area contributed by atoms with Crippen molar-refractivity contribution < 1.29 is 14.6 Å². The van der Waals surface area contributed by atoms with E-state index in [4.69, 9.17) is 4.74 Å². The van der Waals surface area contributed by atoms with Crippen LogP contribution in [-0.2, 0) is 0 Å². The van der Waals surface area contributed by atoms with Crippen LogP contribution in [0.3, 0.4) is 0 Å². The number of ether oxygens (including phenoxy) is 1. The second kappa shape index (κ2) is 9.60. The topological polar surface area (TPSA) is 77.9 Å². The van der Waals surface area contributed by atoms with Crippen molar-refractivity contribution in [2.75, 3.05) is 38.6 Å². The second-order valence-corrected chi connectivity index (χ2v) is 10.2. The number of piperazine rings is 1. The Labute approximate surface area is 191 Å². The van der Waals surface area contributed by atoms with Gasteiger partial charge in [0.05, 0.1) is 23.1 Å². The highest BCUT2D eigenvalue weighted by Gasteiger charge is 2.27. The van der Waals surface area contributed by atoms with Crippen molar-refractivity contribution in [1.29, 1.82) is 0 Å². The molecule has 1 aromatic heterocycles. The van der Waals surface area contributed by atoms with Gasteiger partial charge in [-0.3, -0.25) is 9.69 Å². The van der Waals surface area contributed by atoms with E-state index in [0.717, 1.165) is 19.8 Å². The molecule has 1 amide bonds. The van der Waals surface area contributed by atoms with Gasteiger partial charge in [-0.2, -0.15) is 0 Å². The van der Waals surface area contributed by atoms with E-state index in [1.165, 1.54) is 18.9 Å². The molecule has 1 aromatic carbocycles. The first kappa shape index (κ1) is 22.1. The Morgan fingerprint density at radius 2 is 2.13 bits per heavy atom. The highest BCUT2D eigenvalue weighted by atomic mass is 32.2. The largest absolute Gasteiger partial charge is 0.496 e. The van der Waals surface area contributed by atoms with Gasteiger partial charge in [-0.15, -0.1) is 0 Å². The minimum Gasteiger partial charge on any atom is -0.496 e. The number of benzene rings is 1. The third-order valence-corrected chi connectivity index (χ3v) is 7.70. The Morgan fingerprint density at radius 3 is 2.77 bits per heavy atom. The normalized spacial score (nSPS) is 18.0. The molecule has 1 aliphatic heterocycles. The number of aliphatic hydroxyl groups excluding tert-OH is 1. The number of carbonyl (C=O) groups is 1. The number of methoxy groups -OCH3 is 1. The van der Waals surface area contributed by atoms with Crippen molar-refractivity contribution in [3.05, 3.63) is 42.1 Å². The lowest BCUT2D eigenvalue weighted by atomic mass is 10.1. The van der Waals surface area contributed by atoms with E-state index in [0.29, 0.717) is 43.5 Å². The van der Waals surface area contributed by atoms with Crippen molar-refractivity contribution in [2.45, 2.75) is 41.1 Å². The Kier molecular flexibility index (Phi) is 6.86. The van der Waals surface area contributed by atoms with E-state index in [1.807, 2.05) is 35.1 Å². The van der Waals surface area contributed by atoms with Gasteiger partial charge in [0.15, 0.2) is 5.13 Å². The number of hydrogen-bond donors (Lipinski definition) is 2. The van der Waals surface area contributed by atoms with E-state index in [-0.39, 0.29) is 5.91 Å². The zero-order chi connectivity index (χ0) is 22.0. The average Bonchev–Trinajstić information content (AvgIpc) is 3.50. The van der Waals surface area contributed by atoms with Gasteiger partial charge >= 0.3 is 0 Å². The highest BCUT2D eigenvalue weighted by molar-refractivity contribution is 8.01. The van der Waals surface area contributed by atoms with Crippen molar-refractivity contribution in [2.24, 2.45) is 0 Å². The average molecular weight is 461 g/mol. The predicted molar refractivity (Wildman–Crippen MR) is 124 cm³/mol. The molecule has 2 N–H and O–H groups in total. The summed E-state index contributed by atoms with van der Waals surface area (Å²) in [5.41, 5.74) is 1.62. The molecule has 1 unspecified atom stereocenters. The molecule has 1 atom stereocenters. The smallest absolute Gasteiger partial charge is 0.257 e. The zero-order valence-corrected chi connectivity index (χ0v) is 19.5. The highest BCUT2D eigenvalue weighted by Crippen LogP contribution is 2.39. The van der Waals surface area contributed by atoms with Gasteiger partial charge in [0.1, 0.15) is 12.0 Å². The van der Waals surface area contributed by atoms with Crippen molar-refractivity contribution in [1.82, 2.24) is 14.8 Å². The minimum atomic E-state index is -0.673. The van der Waals surface area contributed by atoms with Crippen LogP contribution in [0.4, 0.5) is 5.13 Å². The molecule has 2 aromatic rings. The van der Waals surface area contributed by atoms with Gasteiger partial charge < -0.3 is 20.1 Å². The summed E-state index contributed by atoms with van der Waals surface area (Å²) in [5.74, 6) is 0.535. The maximum Gasteiger partial charge on any atom is 0.257 e. The molecule has 7 nitrogen and oxygen atoms in total. The predicted octanol–water partition coefficient (Wildman–Crippen LogP) is 3.45. The van der Waals surface area contributed by atoms with Crippen LogP contribution in [0.5, 0.6) is 5.75 Å². The number of nitrogens with one attached hydrogen (secondary N) is 1. The Morgan fingerprint density at radius 1 is 1.39 bits per heavy atom. The van der Waals surface area contributed by atoms with Crippen LogP contribution in [0.1, 0.15) is 28.8 Å². The summed E-state index contributed by atoms with van der Waals surface area (Å²) in [6, 6.07) is 4.43. The fourth-order valence-corrected chi connectivity index (χ4v) is 5.52. The Balaban J connectivity index is 1.49. The van der Waals surface area contributed by atoms with Crippen molar-refractivity contribution in [3.8, 4) is 5.75 Å². The van der Waals surface area contributed by atoms with Gasteiger partial charge in [0.2, 0.25) is 0 Å². The molecule has 31 heavy (non-hydrogen) atoms. The van der Waals surface area contributed by atoms with E-state index >= 15 is 0 Å². The number of aryl methyl sites for hydroxylation is 1. The third-order valence-electron chi connectivity index (χ3n) is 5.51. The van der Waals surface area contributed by atoms with Crippen LogP contribution < -0.4 is 10.1 Å². The van der Waals surface area contributed by atoms with Crippen molar-refractivity contribution >= 4 is 34.1 Å². The lowest BCUT2D eigenvalue weighted by molar-refractivity contribution is 0.00665. The van der Waals surface area contributed by atoms with E-state index in [9.17, 15) is 9.90 Å². The van der Waals surface area contributed by atoms with Crippen LogP contribution in [0.15, 0.2) is 40.1 Å². The molecular weight excluding hydrogens is 432 g/mol. The summed E-state index contributed by atoms with van der Waals surface area (Å²) in [6.07, 6.45) is 5.15. The van der Waals surface area contributed by atoms with Gasteiger partial charge in [-0.05, 0) is 43.5 Å². The number of anilines is 1. The number of amides is 1. The summed E-state index contributed by atoms with van der Waals surface area (Å²) in [7, 11) is 1.59. The van der Waals surface area contributed by atoms with Crippen molar-refractivity contribution in [3.63, 3.8) is 0 Å². The number of thiazole rings is 1. The minimum absolute atomic E-state index is 0.0492. The summed E-state index contributed by atoms with van der Waals surface area (Å²) in [5, 5.41) is 14.3. The fourth-order valence-electron chi connectivity index (χ4n) is 3.50. The Hall–Kier alpha value is -2.07. The lowest BCUT2D eigenvalue weighted by Crippen LogP contribution is -2.51. The molecule has 0 bridgehead atoms. The number of hydrogen-bond acceptors (Lipinski definition) is 8. The summed E-state index contributed by atoms with van der Waals surface area (Å²) < 4.78 is 6.62. The molecule has 1 aliphatic carbocycles. The van der Waals surface area contributed by atoms with Crippen LogP contribution >= 0.6 is 23.1 Å². The molecule has 1 saturated heterocycles. The van der Waals surface area contributed by atoms with E-state index < -0.39 is 6.23 Å². The standard InChI is InChI=1S/C22H28N4O3S2/c1-4-19(27)25-7-9-26(10-8-25)21(28)16-12-18(14(2)11-17(16)29-3)30-20-13-23-22(31-20)24-15-5-6-15/h4,11-13,15,19,27H,1,5-10H2,2-3H3,(H,23,24). The molecule has 1 saturated carbocycles. The first-order chi connectivity index (χ1) is 15.0. The summed E-state index contributed by atoms with van der Waals surface area (Å²) in [4.78, 5) is 22.5. The molecule has 4 rings (SSSR count). The Bertz CT molecular complexity index is 952.